The molecule has 1 amide bonds. The summed E-state index contributed by atoms with van der Waals surface area (Å²) in [6.07, 6.45) is -18.6. The highest BCUT2D eigenvalue weighted by Crippen LogP contribution is 2.56. The van der Waals surface area contributed by atoms with Crippen molar-refractivity contribution < 1.29 is 44.3 Å². The molecule has 27 heavy (non-hydrogen) atoms. The van der Waals surface area contributed by atoms with Crippen LogP contribution < -0.4 is 5.32 Å². The van der Waals surface area contributed by atoms with Crippen LogP contribution in [-0.4, -0.2) is 18.3 Å². The number of rotatable bonds is 3. The summed E-state index contributed by atoms with van der Waals surface area (Å²) >= 11 is 0. The Hall–Kier alpha value is -1.94. The first-order chi connectivity index (χ1) is 11.8. The van der Waals surface area contributed by atoms with Crippen molar-refractivity contribution in [2.45, 2.75) is 45.7 Å². The molecule has 1 rings (SSSR count). The predicted octanol–water partition coefficient (Wildman–Crippen LogP) is 6.19. The summed E-state index contributed by atoms with van der Waals surface area (Å²) < 4.78 is 119. The molecule has 2 nitrogen and oxygen atoms in total. The van der Waals surface area contributed by atoms with Gasteiger partial charge in [-0.3, -0.25) is 4.79 Å². The number of alkyl halides is 9. The molecule has 0 aliphatic rings. The second-order valence-electron chi connectivity index (χ2n) is 7.17. The number of amides is 1. The predicted molar refractivity (Wildman–Crippen MR) is 78.7 cm³/mol. The molecule has 0 unspecified atom stereocenters. The van der Waals surface area contributed by atoms with Gasteiger partial charge in [0.1, 0.15) is 0 Å². The van der Waals surface area contributed by atoms with Crippen LogP contribution in [0.3, 0.4) is 0 Å². The van der Waals surface area contributed by atoms with E-state index in [9.17, 15) is 44.3 Å². The van der Waals surface area contributed by atoms with Crippen LogP contribution in [0.25, 0.3) is 0 Å². The summed E-state index contributed by atoms with van der Waals surface area (Å²) in [5, 5.41) is 1.35. The van der Waals surface area contributed by atoms with Gasteiger partial charge in [0.2, 0.25) is 11.3 Å². The molecule has 0 atom stereocenters. The Morgan fingerprint density at radius 2 is 1.37 bits per heavy atom. The van der Waals surface area contributed by atoms with Gasteiger partial charge >= 0.3 is 18.5 Å². The smallest absolute Gasteiger partial charge is 0.325 e. The van der Waals surface area contributed by atoms with E-state index in [-0.39, 0.29) is 6.07 Å². The molecule has 1 aromatic rings. The van der Waals surface area contributed by atoms with Crippen molar-refractivity contribution in [2.75, 3.05) is 5.32 Å². The van der Waals surface area contributed by atoms with Gasteiger partial charge < -0.3 is 5.32 Å². The quantitative estimate of drug-likeness (QED) is 0.593. The number of halogens is 9. The standard InChI is InChI=1S/C16H16F9NO/c1-12(2,3)8-13(15(20,21)22,16(23,24)25)11(27)26-10-6-4-5-9(7-10)14(17,18)19/h4-7H,8H2,1-3H3,(H,26,27). The van der Waals surface area contributed by atoms with Crippen molar-refractivity contribution >= 4 is 11.6 Å². The van der Waals surface area contributed by atoms with Crippen LogP contribution in [-0.2, 0) is 11.0 Å². The summed E-state index contributed by atoms with van der Waals surface area (Å²) in [5.41, 5.74) is -8.52. The number of carbonyl (C=O) groups excluding carboxylic acids is 1. The van der Waals surface area contributed by atoms with Gasteiger partial charge in [0, 0.05) is 5.69 Å². The first-order valence-electron chi connectivity index (χ1n) is 7.43. The van der Waals surface area contributed by atoms with Gasteiger partial charge in [-0.15, -0.1) is 0 Å². The van der Waals surface area contributed by atoms with Gasteiger partial charge in [0.15, 0.2) is 0 Å². The maximum Gasteiger partial charge on any atom is 0.416 e. The van der Waals surface area contributed by atoms with E-state index in [4.69, 9.17) is 0 Å². The van der Waals surface area contributed by atoms with E-state index in [0.29, 0.717) is 6.07 Å². The lowest BCUT2D eigenvalue weighted by Gasteiger charge is -2.39. The Bertz CT molecular complexity index is 667. The molecule has 0 aromatic heterocycles. The number of nitrogens with one attached hydrogen (secondary N) is 1. The minimum atomic E-state index is -6.02. The van der Waals surface area contributed by atoms with Crippen molar-refractivity contribution in [3.8, 4) is 0 Å². The molecule has 0 radical (unpaired) electrons. The third-order valence-corrected chi connectivity index (χ3v) is 3.60. The molecule has 0 bridgehead atoms. The molecule has 1 aromatic carbocycles. The molecule has 0 fully saturated rings. The number of hydrogen-bond acceptors (Lipinski definition) is 1. The van der Waals surface area contributed by atoms with E-state index >= 15 is 0 Å². The van der Waals surface area contributed by atoms with Crippen LogP contribution in [0, 0.1) is 10.8 Å². The molecule has 154 valence electrons. The summed E-state index contributed by atoms with van der Waals surface area (Å²) in [6, 6.07) is 2.34. The molecule has 0 saturated carbocycles. The highest BCUT2D eigenvalue weighted by atomic mass is 19.4. The zero-order chi connectivity index (χ0) is 21.5. The lowest BCUT2D eigenvalue weighted by molar-refractivity contribution is -0.330. The molecule has 11 heteroatoms. The Balaban J connectivity index is 3.46. The summed E-state index contributed by atoms with van der Waals surface area (Å²) in [7, 11) is 0. The third kappa shape index (κ3) is 5.07. The van der Waals surface area contributed by atoms with Crippen molar-refractivity contribution in [3.05, 3.63) is 29.8 Å². The lowest BCUT2D eigenvalue weighted by Crippen LogP contribution is -2.59. The Morgan fingerprint density at radius 1 is 0.889 bits per heavy atom. The molecule has 0 saturated heterocycles. The monoisotopic (exact) mass is 409 g/mol. The Morgan fingerprint density at radius 3 is 1.74 bits per heavy atom. The minimum absolute atomic E-state index is 0.256. The van der Waals surface area contributed by atoms with Gasteiger partial charge in [-0.1, -0.05) is 26.8 Å². The molecular weight excluding hydrogens is 393 g/mol. The zero-order valence-electron chi connectivity index (χ0n) is 14.3. The largest absolute Gasteiger partial charge is 0.416 e. The molecule has 0 spiro atoms. The Labute approximate surface area is 148 Å². The van der Waals surface area contributed by atoms with E-state index in [1.165, 1.54) is 5.32 Å². The highest BCUT2D eigenvalue weighted by molar-refractivity contribution is 5.96. The van der Waals surface area contributed by atoms with E-state index in [1.54, 1.807) is 0 Å². The molecule has 0 heterocycles. The van der Waals surface area contributed by atoms with Gasteiger partial charge in [0.05, 0.1) is 5.56 Å². The van der Waals surface area contributed by atoms with E-state index in [2.05, 4.69) is 0 Å². The lowest BCUT2D eigenvalue weighted by atomic mass is 9.71. The van der Waals surface area contributed by atoms with Gasteiger partial charge in [0.25, 0.3) is 0 Å². The van der Waals surface area contributed by atoms with Crippen LogP contribution in [0.15, 0.2) is 24.3 Å². The highest BCUT2D eigenvalue weighted by Gasteiger charge is 2.75. The van der Waals surface area contributed by atoms with Gasteiger partial charge in [-0.05, 0) is 30.0 Å². The van der Waals surface area contributed by atoms with Crippen LogP contribution in [0.1, 0.15) is 32.8 Å². The zero-order valence-corrected chi connectivity index (χ0v) is 14.3. The van der Waals surface area contributed by atoms with Crippen molar-refractivity contribution in [1.29, 1.82) is 0 Å². The summed E-state index contributed by atoms with van der Waals surface area (Å²) in [6.45, 7) is 3.24. The van der Waals surface area contributed by atoms with Crippen LogP contribution in [0.5, 0.6) is 0 Å². The number of anilines is 1. The molecule has 0 aliphatic carbocycles. The van der Waals surface area contributed by atoms with Gasteiger partial charge in [-0.2, -0.15) is 39.5 Å². The van der Waals surface area contributed by atoms with Crippen molar-refractivity contribution in [2.24, 2.45) is 10.8 Å². The fourth-order valence-electron chi connectivity index (χ4n) is 2.51. The van der Waals surface area contributed by atoms with Crippen molar-refractivity contribution in [3.63, 3.8) is 0 Å². The fourth-order valence-corrected chi connectivity index (χ4v) is 2.51. The topological polar surface area (TPSA) is 29.1 Å². The fraction of sp³-hybridized carbons (Fsp3) is 0.562. The molecule has 0 aliphatic heterocycles. The van der Waals surface area contributed by atoms with Gasteiger partial charge in [-0.25, -0.2) is 0 Å². The SMILES string of the molecule is CC(C)(C)CC(C(=O)Nc1cccc(C(F)(F)F)c1)(C(F)(F)F)C(F)(F)F. The normalized spacial score (nSPS) is 14.2. The minimum Gasteiger partial charge on any atom is -0.325 e. The summed E-state index contributed by atoms with van der Waals surface area (Å²) in [5.74, 6) is -2.49. The Kier molecular flexibility index (Phi) is 5.90. The average Bonchev–Trinajstić information content (AvgIpc) is 2.40. The second-order valence-corrected chi connectivity index (χ2v) is 7.17. The van der Waals surface area contributed by atoms with Crippen LogP contribution in [0.2, 0.25) is 0 Å². The number of benzene rings is 1. The summed E-state index contributed by atoms with van der Waals surface area (Å²) in [4.78, 5) is 12.1. The average molecular weight is 409 g/mol. The maximum absolute atomic E-state index is 13.5. The second kappa shape index (κ2) is 6.90. The van der Waals surface area contributed by atoms with Crippen LogP contribution >= 0.6 is 0 Å². The van der Waals surface area contributed by atoms with Crippen molar-refractivity contribution in [1.82, 2.24) is 0 Å². The third-order valence-electron chi connectivity index (χ3n) is 3.60. The van der Waals surface area contributed by atoms with E-state index in [1.807, 2.05) is 0 Å². The first-order valence-corrected chi connectivity index (χ1v) is 7.43. The van der Waals surface area contributed by atoms with Crippen LogP contribution in [0.4, 0.5) is 45.2 Å². The first kappa shape index (κ1) is 23.1. The van der Waals surface area contributed by atoms with E-state index in [0.717, 1.165) is 32.9 Å². The van der Waals surface area contributed by atoms with E-state index < -0.39 is 52.9 Å². The number of hydrogen-bond donors (Lipinski definition) is 1. The molecular formula is C16H16F9NO. The molecule has 1 N–H and O–H groups in total. The number of carbonyl (C=O) groups is 1. The maximum atomic E-state index is 13.5.